The number of rotatable bonds is 10. The normalized spacial score (nSPS) is 10.9. The Morgan fingerprint density at radius 1 is 0.739 bits per heavy atom. The molecule has 2 aromatic rings. The van der Waals surface area contributed by atoms with Gasteiger partial charge in [-0.05, 0) is 25.0 Å². The van der Waals surface area contributed by atoms with Gasteiger partial charge in [0.1, 0.15) is 0 Å². The fourth-order valence-corrected chi connectivity index (χ4v) is 3.91. The van der Waals surface area contributed by atoms with E-state index in [1.807, 2.05) is 23.5 Å². The molecule has 0 aliphatic rings. The van der Waals surface area contributed by atoms with Crippen molar-refractivity contribution in [3.8, 4) is 0 Å². The Kier molecular flexibility index (Phi) is 8.66. The van der Waals surface area contributed by atoms with Crippen LogP contribution in [0.3, 0.4) is 0 Å². The highest BCUT2D eigenvalue weighted by molar-refractivity contribution is 7.98. The second kappa shape index (κ2) is 10.8. The number of thioether (sulfide) groups is 2. The maximum atomic E-state index is 5.72. The fourth-order valence-electron chi connectivity index (χ4n) is 2.32. The zero-order valence-corrected chi connectivity index (χ0v) is 15.7. The Morgan fingerprint density at radius 3 is 1.65 bits per heavy atom. The number of benzene rings is 2. The molecular weight excluding hydrogens is 320 g/mol. The van der Waals surface area contributed by atoms with E-state index >= 15 is 0 Å². The number of hydrogen-bond acceptors (Lipinski definition) is 3. The third-order valence-electron chi connectivity index (χ3n) is 3.45. The van der Waals surface area contributed by atoms with Gasteiger partial charge in [0.2, 0.25) is 0 Å². The molecule has 0 aromatic heterocycles. The molecule has 3 heteroatoms. The van der Waals surface area contributed by atoms with E-state index < -0.39 is 0 Å². The van der Waals surface area contributed by atoms with Crippen molar-refractivity contribution in [2.45, 2.75) is 25.4 Å². The van der Waals surface area contributed by atoms with Crippen LogP contribution in [-0.4, -0.2) is 24.7 Å². The van der Waals surface area contributed by atoms with Gasteiger partial charge in [-0.3, -0.25) is 0 Å². The van der Waals surface area contributed by atoms with E-state index in [1.165, 1.54) is 22.3 Å². The molecule has 0 spiro atoms. The predicted molar refractivity (Wildman–Crippen MR) is 106 cm³/mol. The number of hydrogen-bond donors (Lipinski definition) is 0. The second-order valence-electron chi connectivity index (χ2n) is 5.70. The first-order chi connectivity index (χ1) is 11.2. The SMILES string of the molecule is Cc1cccc(CSCCOCCSCc2cccc(C)c2)c1. The van der Waals surface area contributed by atoms with Crippen LogP contribution in [-0.2, 0) is 16.2 Å². The summed E-state index contributed by atoms with van der Waals surface area (Å²) < 4.78 is 5.72. The second-order valence-corrected chi connectivity index (χ2v) is 7.91. The largest absolute Gasteiger partial charge is 0.380 e. The Morgan fingerprint density at radius 2 is 1.22 bits per heavy atom. The van der Waals surface area contributed by atoms with Gasteiger partial charge in [0.25, 0.3) is 0 Å². The molecule has 0 saturated carbocycles. The molecule has 2 rings (SSSR count). The minimum atomic E-state index is 0.849. The van der Waals surface area contributed by atoms with Crippen molar-refractivity contribution in [2.75, 3.05) is 24.7 Å². The summed E-state index contributed by atoms with van der Waals surface area (Å²) in [7, 11) is 0. The Labute approximate surface area is 149 Å². The summed E-state index contributed by atoms with van der Waals surface area (Å²) in [6, 6.07) is 17.5. The van der Waals surface area contributed by atoms with Crippen molar-refractivity contribution in [3.05, 3.63) is 70.8 Å². The highest BCUT2D eigenvalue weighted by atomic mass is 32.2. The Hall–Kier alpha value is -0.900. The molecule has 0 aliphatic carbocycles. The predicted octanol–water partition coefficient (Wildman–Crippen LogP) is 5.49. The van der Waals surface area contributed by atoms with Gasteiger partial charge in [0, 0.05) is 23.0 Å². The van der Waals surface area contributed by atoms with Crippen LogP contribution in [0.2, 0.25) is 0 Å². The van der Waals surface area contributed by atoms with Crippen molar-refractivity contribution >= 4 is 23.5 Å². The van der Waals surface area contributed by atoms with Gasteiger partial charge in [-0.1, -0.05) is 59.7 Å². The standard InChI is InChI=1S/C20H26OS2/c1-17-5-3-7-19(13-17)15-22-11-9-21-10-12-23-16-20-8-4-6-18(2)14-20/h3-8,13-14H,9-12,15-16H2,1-2H3. The molecule has 124 valence electrons. The minimum Gasteiger partial charge on any atom is -0.380 e. The summed E-state index contributed by atoms with van der Waals surface area (Å²) in [4.78, 5) is 0. The molecule has 0 amide bonds. The van der Waals surface area contributed by atoms with Crippen LogP contribution in [0.25, 0.3) is 0 Å². The maximum absolute atomic E-state index is 5.72. The summed E-state index contributed by atoms with van der Waals surface area (Å²) in [5.41, 5.74) is 5.49. The highest BCUT2D eigenvalue weighted by Crippen LogP contribution is 2.14. The minimum absolute atomic E-state index is 0.849. The van der Waals surface area contributed by atoms with Gasteiger partial charge in [0.15, 0.2) is 0 Å². The summed E-state index contributed by atoms with van der Waals surface area (Å²) >= 11 is 3.89. The topological polar surface area (TPSA) is 9.23 Å². The van der Waals surface area contributed by atoms with Gasteiger partial charge < -0.3 is 4.74 Å². The lowest BCUT2D eigenvalue weighted by Crippen LogP contribution is -2.02. The molecule has 0 unspecified atom stereocenters. The van der Waals surface area contributed by atoms with Gasteiger partial charge in [-0.15, -0.1) is 0 Å². The molecule has 2 aromatic carbocycles. The lowest BCUT2D eigenvalue weighted by Gasteiger charge is -2.06. The molecule has 0 fully saturated rings. The summed E-state index contributed by atoms with van der Waals surface area (Å²) in [5, 5.41) is 0. The van der Waals surface area contributed by atoms with Crippen molar-refractivity contribution in [3.63, 3.8) is 0 Å². The quantitative estimate of drug-likeness (QED) is 0.527. The van der Waals surface area contributed by atoms with Gasteiger partial charge in [-0.25, -0.2) is 0 Å². The van der Waals surface area contributed by atoms with Crippen LogP contribution in [0.5, 0.6) is 0 Å². The summed E-state index contributed by atoms with van der Waals surface area (Å²) in [6.45, 7) is 5.99. The van der Waals surface area contributed by atoms with Crippen molar-refractivity contribution in [1.29, 1.82) is 0 Å². The average molecular weight is 347 g/mol. The lowest BCUT2D eigenvalue weighted by molar-refractivity contribution is 0.167. The first kappa shape index (κ1) is 18.4. The third-order valence-corrected chi connectivity index (χ3v) is 5.43. The Balaban J connectivity index is 1.45. The van der Waals surface area contributed by atoms with E-state index in [0.29, 0.717) is 0 Å². The van der Waals surface area contributed by atoms with E-state index in [2.05, 4.69) is 62.4 Å². The smallest absolute Gasteiger partial charge is 0.0557 e. The molecule has 0 N–H and O–H groups in total. The Bertz CT molecular complexity index is 532. The van der Waals surface area contributed by atoms with E-state index in [9.17, 15) is 0 Å². The van der Waals surface area contributed by atoms with Crippen LogP contribution in [0.4, 0.5) is 0 Å². The van der Waals surface area contributed by atoms with Crippen molar-refractivity contribution in [2.24, 2.45) is 0 Å². The molecule has 0 bridgehead atoms. The van der Waals surface area contributed by atoms with E-state index in [0.717, 1.165) is 36.2 Å². The van der Waals surface area contributed by atoms with Crippen LogP contribution >= 0.6 is 23.5 Å². The molecule has 23 heavy (non-hydrogen) atoms. The first-order valence-corrected chi connectivity index (χ1v) is 10.4. The average Bonchev–Trinajstić information content (AvgIpc) is 2.53. The molecule has 0 heterocycles. The number of aryl methyl sites for hydroxylation is 2. The maximum Gasteiger partial charge on any atom is 0.0557 e. The van der Waals surface area contributed by atoms with Crippen molar-refractivity contribution < 1.29 is 4.74 Å². The molecule has 0 radical (unpaired) electrons. The molecule has 0 atom stereocenters. The molecule has 0 aliphatic heterocycles. The molecular formula is C20H26OS2. The van der Waals surface area contributed by atoms with Crippen LogP contribution in [0, 0.1) is 13.8 Å². The first-order valence-electron chi connectivity index (χ1n) is 8.08. The van der Waals surface area contributed by atoms with Gasteiger partial charge >= 0.3 is 0 Å². The molecule has 1 nitrogen and oxygen atoms in total. The van der Waals surface area contributed by atoms with E-state index in [1.54, 1.807) is 0 Å². The molecule has 0 saturated heterocycles. The lowest BCUT2D eigenvalue weighted by atomic mass is 10.2. The van der Waals surface area contributed by atoms with Crippen LogP contribution in [0.1, 0.15) is 22.3 Å². The van der Waals surface area contributed by atoms with Gasteiger partial charge in [0.05, 0.1) is 13.2 Å². The van der Waals surface area contributed by atoms with Gasteiger partial charge in [-0.2, -0.15) is 23.5 Å². The van der Waals surface area contributed by atoms with E-state index in [4.69, 9.17) is 4.74 Å². The number of ether oxygens (including phenoxy) is 1. The van der Waals surface area contributed by atoms with Crippen molar-refractivity contribution in [1.82, 2.24) is 0 Å². The van der Waals surface area contributed by atoms with E-state index in [-0.39, 0.29) is 0 Å². The fraction of sp³-hybridized carbons (Fsp3) is 0.400. The summed E-state index contributed by atoms with van der Waals surface area (Å²) in [5.74, 6) is 4.28. The van der Waals surface area contributed by atoms with Crippen LogP contribution in [0.15, 0.2) is 48.5 Å². The monoisotopic (exact) mass is 346 g/mol. The zero-order valence-electron chi connectivity index (χ0n) is 14.1. The third kappa shape index (κ3) is 7.96. The summed E-state index contributed by atoms with van der Waals surface area (Å²) in [6.07, 6.45) is 0. The zero-order chi connectivity index (χ0) is 16.3. The van der Waals surface area contributed by atoms with Crippen LogP contribution < -0.4 is 0 Å². The highest BCUT2D eigenvalue weighted by Gasteiger charge is 1.97.